The predicted octanol–water partition coefficient (Wildman–Crippen LogP) is 2.32. The molecule has 2 amide bonds. The third-order valence-corrected chi connectivity index (χ3v) is 4.70. The number of anilines is 2. The van der Waals surface area contributed by atoms with Gasteiger partial charge in [-0.2, -0.15) is 0 Å². The number of amides is 2. The zero-order valence-corrected chi connectivity index (χ0v) is 13.7. The third kappa shape index (κ3) is 3.20. The second-order valence-electron chi connectivity index (χ2n) is 6.61. The van der Waals surface area contributed by atoms with Gasteiger partial charge in [-0.3, -0.25) is 14.4 Å². The topological polar surface area (TPSA) is 82.3 Å². The molecule has 25 heavy (non-hydrogen) atoms. The summed E-state index contributed by atoms with van der Waals surface area (Å²) in [6.45, 7) is 0.736. The molecule has 0 radical (unpaired) electrons. The second-order valence-corrected chi connectivity index (χ2v) is 6.61. The first-order chi connectivity index (χ1) is 12.1. The number of hydrogen-bond donors (Lipinski definition) is 2. The van der Waals surface area contributed by atoms with Crippen LogP contribution in [0, 0.1) is 5.92 Å². The van der Waals surface area contributed by atoms with Gasteiger partial charge in [-0.25, -0.2) is 0 Å². The summed E-state index contributed by atoms with van der Waals surface area (Å²) >= 11 is 0. The van der Waals surface area contributed by atoms with Crippen LogP contribution in [0.3, 0.4) is 0 Å². The summed E-state index contributed by atoms with van der Waals surface area (Å²) in [6, 6.07) is 8.50. The molecule has 1 aliphatic heterocycles. The van der Waals surface area contributed by atoms with Gasteiger partial charge in [-0.1, -0.05) is 6.07 Å². The maximum atomic E-state index is 12.5. The summed E-state index contributed by atoms with van der Waals surface area (Å²) in [5.41, 5.74) is 2.82. The Morgan fingerprint density at radius 3 is 2.72 bits per heavy atom. The minimum Gasteiger partial charge on any atom is -0.328 e. The number of aryl methyl sites for hydroxylation is 1. The lowest BCUT2D eigenvalue weighted by atomic mass is 10.0. The van der Waals surface area contributed by atoms with Crippen LogP contribution in [-0.4, -0.2) is 23.3 Å². The average molecular weight is 337 g/mol. The number of nitrogens with one attached hydrogen (secondary N) is 2. The van der Waals surface area contributed by atoms with Crippen molar-refractivity contribution in [3.8, 4) is 0 Å². The fourth-order valence-corrected chi connectivity index (χ4v) is 3.19. The molecule has 6 heteroatoms. The van der Waals surface area contributed by atoms with E-state index >= 15 is 0 Å². The second kappa shape index (κ2) is 6.20. The number of fused-ring (bicyclic) bond motifs is 1. The van der Waals surface area contributed by atoms with Crippen molar-refractivity contribution in [3.05, 3.63) is 58.0 Å². The van der Waals surface area contributed by atoms with Crippen molar-refractivity contribution in [2.45, 2.75) is 25.7 Å². The molecule has 4 rings (SSSR count). The number of carbonyl (C=O) groups is 2. The van der Waals surface area contributed by atoms with Crippen LogP contribution in [0.2, 0.25) is 0 Å². The summed E-state index contributed by atoms with van der Waals surface area (Å²) in [4.78, 5) is 40.3. The minimum atomic E-state index is -0.299. The van der Waals surface area contributed by atoms with E-state index < -0.39 is 0 Å². The van der Waals surface area contributed by atoms with Crippen LogP contribution in [0.15, 0.2) is 41.3 Å². The highest BCUT2D eigenvalue weighted by Crippen LogP contribution is 2.36. The number of rotatable bonds is 3. The minimum absolute atomic E-state index is 0.172. The molecule has 128 valence electrons. The molecule has 0 bridgehead atoms. The molecule has 1 aromatic carbocycles. The largest absolute Gasteiger partial charge is 0.328 e. The first-order valence-corrected chi connectivity index (χ1v) is 8.56. The zero-order chi connectivity index (χ0) is 17.4. The lowest BCUT2D eigenvalue weighted by Gasteiger charge is -2.30. The van der Waals surface area contributed by atoms with E-state index in [2.05, 4.69) is 10.3 Å². The van der Waals surface area contributed by atoms with Crippen LogP contribution >= 0.6 is 0 Å². The Labute approximate surface area is 144 Å². The third-order valence-electron chi connectivity index (χ3n) is 4.70. The van der Waals surface area contributed by atoms with Crippen LogP contribution in [0.4, 0.5) is 11.4 Å². The first-order valence-electron chi connectivity index (χ1n) is 8.56. The lowest BCUT2D eigenvalue weighted by molar-refractivity contribution is -0.119. The molecule has 0 atom stereocenters. The lowest BCUT2D eigenvalue weighted by Crippen LogP contribution is -2.36. The maximum absolute atomic E-state index is 12.5. The Morgan fingerprint density at radius 2 is 2.00 bits per heavy atom. The molecule has 2 aromatic rings. The van der Waals surface area contributed by atoms with Crippen LogP contribution in [0.1, 0.15) is 35.2 Å². The van der Waals surface area contributed by atoms with Gasteiger partial charge < -0.3 is 15.2 Å². The first kappa shape index (κ1) is 15.6. The standard InChI is InChI=1S/C19H19N3O3/c23-17-8-6-14(11-20-17)18(24)21-15-7-5-12-2-1-9-22(16(12)10-15)19(25)13-3-4-13/h5-8,10-11,13H,1-4,9H2,(H,20,23)(H,21,24). The summed E-state index contributed by atoms with van der Waals surface area (Å²) < 4.78 is 0. The SMILES string of the molecule is O=C(Nc1ccc2c(c1)N(C(=O)C1CC1)CCC2)c1ccc(=O)[nH]c1. The van der Waals surface area contributed by atoms with Crippen molar-refractivity contribution in [3.63, 3.8) is 0 Å². The van der Waals surface area contributed by atoms with E-state index in [1.807, 2.05) is 23.1 Å². The molecular weight excluding hydrogens is 318 g/mol. The van der Waals surface area contributed by atoms with Crippen molar-refractivity contribution in [2.75, 3.05) is 16.8 Å². The predicted molar refractivity (Wildman–Crippen MR) is 94.9 cm³/mol. The molecule has 1 aliphatic carbocycles. The van der Waals surface area contributed by atoms with Gasteiger partial charge in [0.2, 0.25) is 11.5 Å². The van der Waals surface area contributed by atoms with E-state index in [1.165, 1.54) is 18.3 Å². The average Bonchev–Trinajstić information content (AvgIpc) is 3.46. The van der Waals surface area contributed by atoms with Gasteiger partial charge in [0.15, 0.2) is 0 Å². The normalized spacial score (nSPS) is 16.2. The van der Waals surface area contributed by atoms with Gasteiger partial charge >= 0.3 is 0 Å². The monoisotopic (exact) mass is 337 g/mol. The molecule has 2 aliphatic rings. The van der Waals surface area contributed by atoms with Crippen molar-refractivity contribution in [2.24, 2.45) is 5.92 Å². The van der Waals surface area contributed by atoms with Gasteiger partial charge in [0, 0.05) is 36.1 Å². The van der Waals surface area contributed by atoms with Crippen molar-refractivity contribution >= 4 is 23.2 Å². The summed E-state index contributed by atoms with van der Waals surface area (Å²) in [5.74, 6) is 0.0717. The number of aromatic nitrogens is 1. The molecule has 1 saturated carbocycles. The van der Waals surface area contributed by atoms with Crippen molar-refractivity contribution in [1.82, 2.24) is 4.98 Å². The Morgan fingerprint density at radius 1 is 1.16 bits per heavy atom. The van der Waals surface area contributed by atoms with Gasteiger partial charge in [0.05, 0.1) is 5.56 Å². The molecular formula is C19H19N3O3. The number of nitrogens with zero attached hydrogens (tertiary/aromatic N) is 1. The van der Waals surface area contributed by atoms with Crippen LogP contribution in [0.5, 0.6) is 0 Å². The highest BCUT2D eigenvalue weighted by atomic mass is 16.2. The summed E-state index contributed by atoms with van der Waals surface area (Å²) in [5, 5.41) is 2.83. The summed E-state index contributed by atoms with van der Waals surface area (Å²) in [7, 11) is 0. The van der Waals surface area contributed by atoms with Gasteiger partial charge in [-0.15, -0.1) is 0 Å². The Kier molecular flexibility index (Phi) is 3.87. The number of carbonyl (C=O) groups excluding carboxylic acids is 2. The van der Waals surface area contributed by atoms with E-state index in [1.54, 1.807) is 0 Å². The molecule has 2 N–H and O–H groups in total. The van der Waals surface area contributed by atoms with Gasteiger partial charge in [-0.05, 0) is 49.4 Å². The van der Waals surface area contributed by atoms with E-state index in [-0.39, 0.29) is 23.3 Å². The van der Waals surface area contributed by atoms with Crippen molar-refractivity contribution < 1.29 is 9.59 Å². The smallest absolute Gasteiger partial charge is 0.257 e. The zero-order valence-electron chi connectivity index (χ0n) is 13.7. The molecule has 0 saturated heterocycles. The number of H-pyrrole nitrogens is 1. The maximum Gasteiger partial charge on any atom is 0.257 e. The highest BCUT2D eigenvalue weighted by molar-refractivity contribution is 6.05. The van der Waals surface area contributed by atoms with Crippen LogP contribution in [0.25, 0.3) is 0 Å². The molecule has 0 unspecified atom stereocenters. The van der Waals surface area contributed by atoms with Gasteiger partial charge in [0.25, 0.3) is 5.91 Å². The van der Waals surface area contributed by atoms with E-state index in [4.69, 9.17) is 0 Å². The van der Waals surface area contributed by atoms with Crippen molar-refractivity contribution in [1.29, 1.82) is 0 Å². The van der Waals surface area contributed by atoms with Crippen LogP contribution in [-0.2, 0) is 11.2 Å². The summed E-state index contributed by atoms with van der Waals surface area (Å²) in [6.07, 6.45) is 5.26. The molecule has 2 heterocycles. The molecule has 1 aromatic heterocycles. The fraction of sp³-hybridized carbons (Fsp3) is 0.316. The van der Waals surface area contributed by atoms with E-state index in [9.17, 15) is 14.4 Å². The van der Waals surface area contributed by atoms with E-state index in [0.717, 1.165) is 43.5 Å². The van der Waals surface area contributed by atoms with Gasteiger partial charge in [0.1, 0.15) is 0 Å². The Bertz CT molecular complexity index is 879. The molecule has 0 spiro atoms. The molecule has 1 fully saturated rings. The number of benzene rings is 1. The van der Waals surface area contributed by atoms with Crippen LogP contribution < -0.4 is 15.8 Å². The number of aromatic amines is 1. The number of pyridine rings is 1. The fourth-order valence-electron chi connectivity index (χ4n) is 3.19. The number of hydrogen-bond acceptors (Lipinski definition) is 3. The van der Waals surface area contributed by atoms with E-state index in [0.29, 0.717) is 11.3 Å². The Balaban J connectivity index is 1.58. The highest BCUT2D eigenvalue weighted by Gasteiger charge is 2.35. The quantitative estimate of drug-likeness (QED) is 0.902. The molecule has 6 nitrogen and oxygen atoms in total. The Hall–Kier alpha value is -2.89.